The third-order valence-corrected chi connectivity index (χ3v) is 1.93. The quantitative estimate of drug-likeness (QED) is 0.633. The summed E-state index contributed by atoms with van der Waals surface area (Å²) in [6.07, 6.45) is -0.347. The molecule has 1 fully saturated rings. The summed E-state index contributed by atoms with van der Waals surface area (Å²) >= 11 is 0. The Bertz CT molecular complexity index is 126. The first-order valence-electron chi connectivity index (χ1n) is 3.60. The lowest BCUT2D eigenvalue weighted by Gasteiger charge is -2.24. The molecular weight excluding hydrogens is 169 g/mol. The first kappa shape index (κ1) is 11.1. The van der Waals surface area contributed by atoms with Crippen LogP contribution in [0, 0.1) is 0 Å². The highest BCUT2D eigenvalue weighted by atomic mass is 35.5. The Morgan fingerprint density at radius 2 is 2.09 bits per heavy atom. The van der Waals surface area contributed by atoms with Crippen molar-refractivity contribution in [2.24, 2.45) is 0 Å². The summed E-state index contributed by atoms with van der Waals surface area (Å²) in [5.74, 6) is 0. The summed E-state index contributed by atoms with van der Waals surface area (Å²) in [5, 5.41) is 12.3. The lowest BCUT2D eigenvalue weighted by atomic mass is 9.97. The lowest BCUT2D eigenvalue weighted by molar-refractivity contribution is 0.0429. The summed E-state index contributed by atoms with van der Waals surface area (Å²) in [7, 11) is 0. The molecule has 1 saturated heterocycles. The van der Waals surface area contributed by atoms with Crippen LogP contribution in [0.25, 0.3) is 0 Å². The van der Waals surface area contributed by atoms with Crippen molar-refractivity contribution < 1.29 is 9.50 Å². The van der Waals surface area contributed by atoms with Gasteiger partial charge in [-0.25, -0.2) is 4.39 Å². The van der Waals surface area contributed by atoms with Crippen molar-refractivity contribution in [3.8, 4) is 0 Å². The van der Waals surface area contributed by atoms with Crippen LogP contribution in [0.15, 0.2) is 0 Å². The standard InChI is InChI=1S/C7H14FNO.ClH/c1-7(2,10)6-3-5(8)4-9-6;/h5-6,9-10H,3-4H2,1-2H3;1H/t5-,6+;/m1./s1. The van der Waals surface area contributed by atoms with Gasteiger partial charge in [-0.15, -0.1) is 12.4 Å². The molecule has 68 valence electrons. The molecule has 4 heteroatoms. The van der Waals surface area contributed by atoms with Gasteiger partial charge in [-0.2, -0.15) is 0 Å². The molecule has 1 heterocycles. The van der Waals surface area contributed by atoms with E-state index in [-0.39, 0.29) is 18.4 Å². The maximum absolute atomic E-state index is 12.5. The van der Waals surface area contributed by atoms with Crippen molar-refractivity contribution in [1.82, 2.24) is 5.32 Å². The predicted octanol–water partition coefficient (Wildman–Crippen LogP) is 0.879. The fraction of sp³-hybridized carbons (Fsp3) is 1.00. The molecule has 1 rings (SSSR count). The van der Waals surface area contributed by atoms with Crippen LogP contribution in [-0.4, -0.2) is 29.5 Å². The second-order valence-electron chi connectivity index (χ2n) is 3.45. The number of alkyl halides is 1. The SMILES string of the molecule is CC(C)(O)[C@@H]1C[C@@H](F)CN1.Cl. The first-order chi connectivity index (χ1) is 4.50. The fourth-order valence-electron chi connectivity index (χ4n) is 1.23. The van der Waals surface area contributed by atoms with Gasteiger partial charge in [0.2, 0.25) is 0 Å². The summed E-state index contributed by atoms with van der Waals surface area (Å²) in [5.41, 5.74) is -0.791. The number of nitrogens with one attached hydrogen (secondary N) is 1. The fourth-order valence-corrected chi connectivity index (χ4v) is 1.23. The minimum atomic E-state index is -0.791. The van der Waals surface area contributed by atoms with E-state index in [1.54, 1.807) is 13.8 Å². The predicted molar refractivity (Wildman–Crippen MR) is 44.8 cm³/mol. The van der Waals surface area contributed by atoms with E-state index in [0.717, 1.165) is 0 Å². The van der Waals surface area contributed by atoms with E-state index in [9.17, 15) is 9.50 Å². The van der Waals surface area contributed by atoms with Crippen LogP contribution in [0.4, 0.5) is 4.39 Å². The van der Waals surface area contributed by atoms with Gasteiger partial charge in [0.15, 0.2) is 0 Å². The zero-order valence-corrected chi connectivity index (χ0v) is 7.62. The molecule has 0 aromatic rings. The number of hydrogen-bond acceptors (Lipinski definition) is 2. The zero-order valence-electron chi connectivity index (χ0n) is 6.80. The van der Waals surface area contributed by atoms with Crippen LogP contribution in [0.1, 0.15) is 20.3 Å². The van der Waals surface area contributed by atoms with Gasteiger partial charge in [0.05, 0.1) is 5.60 Å². The number of aliphatic hydroxyl groups is 1. The molecule has 0 amide bonds. The zero-order chi connectivity index (χ0) is 7.78. The Balaban J connectivity index is 0.000001000. The van der Waals surface area contributed by atoms with Gasteiger partial charge in [-0.05, 0) is 20.3 Å². The highest BCUT2D eigenvalue weighted by Gasteiger charge is 2.33. The van der Waals surface area contributed by atoms with Crippen molar-refractivity contribution >= 4 is 12.4 Å². The van der Waals surface area contributed by atoms with E-state index < -0.39 is 11.8 Å². The van der Waals surface area contributed by atoms with Crippen molar-refractivity contribution in [3.05, 3.63) is 0 Å². The van der Waals surface area contributed by atoms with E-state index in [1.165, 1.54) is 0 Å². The van der Waals surface area contributed by atoms with Crippen molar-refractivity contribution in [3.63, 3.8) is 0 Å². The lowest BCUT2D eigenvalue weighted by Crippen LogP contribution is -2.42. The minimum Gasteiger partial charge on any atom is -0.389 e. The van der Waals surface area contributed by atoms with E-state index in [1.807, 2.05) is 0 Å². The summed E-state index contributed by atoms with van der Waals surface area (Å²) in [4.78, 5) is 0. The molecule has 0 spiro atoms. The highest BCUT2D eigenvalue weighted by molar-refractivity contribution is 5.85. The summed E-state index contributed by atoms with van der Waals surface area (Å²) < 4.78 is 12.5. The average molecular weight is 184 g/mol. The van der Waals surface area contributed by atoms with Gasteiger partial charge < -0.3 is 10.4 Å². The number of hydrogen-bond donors (Lipinski definition) is 2. The van der Waals surface area contributed by atoms with Crippen molar-refractivity contribution in [2.45, 2.75) is 38.1 Å². The Hall–Kier alpha value is 0.140. The molecule has 0 saturated carbocycles. The first-order valence-corrected chi connectivity index (χ1v) is 3.60. The summed E-state index contributed by atoms with van der Waals surface area (Å²) in [6, 6.07) is -0.0810. The van der Waals surface area contributed by atoms with Crippen LogP contribution in [0.2, 0.25) is 0 Å². The molecule has 1 aliphatic heterocycles. The van der Waals surface area contributed by atoms with Crippen molar-refractivity contribution in [2.75, 3.05) is 6.54 Å². The van der Waals surface area contributed by atoms with Gasteiger partial charge in [0.25, 0.3) is 0 Å². The Morgan fingerprint density at radius 3 is 2.27 bits per heavy atom. The van der Waals surface area contributed by atoms with Crippen LogP contribution in [-0.2, 0) is 0 Å². The maximum atomic E-state index is 12.5. The molecule has 0 aliphatic carbocycles. The van der Waals surface area contributed by atoms with E-state index in [0.29, 0.717) is 13.0 Å². The molecule has 0 bridgehead atoms. The monoisotopic (exact) mass is 183 g/mol. The molecule has 0 aromatic carbocycles. The number of halogens is 2. The molecule has 2 nitrogen and oxygen atoms in total. The second kappa shape index (κ2) is 3.70. The molecular formula is C7H15ClFNO. The smallest absolute Gasteiger partial charge is 0.114 e. The molecule has 2 N–H and O–H groups in total. The van der Waals surface area contributed by atoms with E-state index >= 15 is 0 Å². The third-order valence-electron chi connectivity index (χ3n) is 1.93. The van der Waals surface area contributed by atoms with Crippen LogP contribution >= 0.6 is 12.4 Å². The molecule has 2 atom stereocenters. The van der Waals surface area contributed by atoms with Crippen LogP contribution in [0.5, 0.6) is 0 Å². The minimum absolute atomic E-state index is 0. The van der Waals surface area contributed by atoms with Crippen LogP contribution in [0.3, 0.4) is 0 Å². The largest absolute Gasteiger partial charge is 0.389 e. The molecule has 0 unspecified atom stereocenters. The number of rotatable bonds is 1. The molecule has 1 aliphatic rings. The van der Waals surface area contributed by atoms with Gasteiger partial charge in [-0.1, -0.05) is 0 Å². The highest BCUT2D eigenvalue weighted by Crippen LogP contribution is 2.19. The van der Waals surface area contributed by atoms with E-state index in [2.05, 4.69) is 5.32 Å². The van der Waals surface area contributed by atoms with Crippen LogP contribution < -0.4 is 5.32 Å². The topological polar surface area (TPSA) is 32.3 Å². The average Bonchev–Trinajstić information content (AvgIpc) is 2.11. The Morgan fingerprint density at radius 1 is 1.55 bits per heavy atom. The van der Waals surface area contributed by atoms with Gasteiger partial charge >= 0.3 is 0 Å². The van der Waals surface area contributed by atoms with Gasteiger partial charge in [0.1, 0.15) is 6.17 Å². The third kappa shape index (κ3) is 2.93. The van der Waals surface area contributed by atoms with Crippen molar-refractivity contribution in [1.29, 1.82) is 0 Å². The summed E-state index contributed by atoms with van der Waals surface area (Å²) in [6.45, 7) is 3.78. The normalized spacial score (nSPS) is 31.6. The second-order valence-corrected chi connectivity index (χ2v) is 3.45. The Labute approximate surface area is 72.6 Å². The maximum Gasteiger partial charge on any atom is 0.114 e. The molecule has 0 radical (unpaired) electrons. The van der Waals surface area contributed by atoms with Gasteiger partial charge in [0, 0.05) is 12.6 Å². The molecule has 11 heavy (non-hydrogen) atoms. The molecule has 0 aromatic heterocycles. The van der Waals surface area contributed by atoms with E-state index in [4.69, 9.17) is 0 Å². The Kier molecular flexibility index (Phi) is 3.74. The van der Waals surface area contributed by atoms with Gasteiger partial charge in [-0.3, -0.25) is 0 Å².